The molecule has 1 aromatic heterocycles. The summed E-state index contributed by atoms with van der Waals surface area (Å²) in [5.41, 5.74) is 4.52. The summed E-state index contributed by atoms with van der Waals surface area (Å²) in [7, 11) is 0. The van der Waals surface area contributed by atoms with E-state index >= 15 is 0 Å². The minimum atomic E-state index is -0.803. The van der Waals surface area contributed by atoms with Gasteiger partial charge >= 0.3 is 6.09 Å². The molecule has 5 rings (SSSR count). The summed E-state index contributed by atoms with van der Waals surface area (Å²) in [6.45, 7) is 9.68. The fourth-order valence-electron chi connectivity index (χ4n) is 6.58. The number of nitrogens with zero attached hydrogens (tertiary/aromatic N) is 4. The van der Waals surface area contributed by atoms with Gasteiger partial charge in [0, 0.05) is 44.0 Å². The van der Waals surface area contributed by atoms with Crippen molar-refractivity contribution in [2.75, 3.05) is 26.2 Å². The lowest BCUT2D eigenvalue weighted by molar-refractivity contribution is -0.161. The van der Waals surface area contributed by atoms with Crippen molar-refractivity contribution in [1.82, 2.24) is 30.2 Å². The zero-order valence-electron chi connectivity index (χ0n) is 26.8. The number of hydrogen-bond acceptors (Lipinski definition) is 6. The number of piperidine rings is 1. The Morgan fingerprint density at radius 2 is 1.71 bits per heavy atom. The highest BCUT2D eigenvalue weighted by Crippen LogP contribution is 2.35. The van der Waals surface area contributed by atoms with E-state index in [0.29, 0.717) is 45.2 Å². The monoisotopic (exact) mass is 614 g/mol. The standard InChI is InChI=1S/C35H46N6O4/c1-4-21-40-32(42)31(17-11-12-20-36-34(44)45-25-28-13-7-5-8-14-28)37-33(43)35(40)18-22-39(23-19-35)24-30-26(2)38-41(27(30)3)29-15-9-6-10-16-29/h5-10,13-16,31H,4,11-12,17-25H2,1-3H3,(H,36,44)(H,37,43)/t31-/m0/s1. The van der Waals surface area contributed by atoms with E-state index in [9.17, 15) is 14.4 Å². The van der Waals surface area contributed by atoms with Crippen LogP contribution in [0.4, 0.5) is 4.79 Å². The number of benzene rings is 2. The van der Waals surface area contributed by atoms with Crippen molar-refractivity contribution >= 4 is 17.9 Å². The van der Waals surface area contributed by atoms with Gasteiger partial charge in [-0.05, 0) is 70.1 Å². The van der Waals surface area contributed by atoms with Crippen LogP contribution in [-0.4, -0.2) is 75.2 Å². The molecule has 2 aliphatic rings. The van der Waals surface area contributed by atoms with Gasteiger partial charge in [-0.15, -0.1) is 0 Å². The van der Waals surface area contributed by atoms with Gasteiger partial charge in [0.25, 0.3) is 0 Å². The van der Waals surface area contributed by atoms with Crippen molar-refractivity contribution in [3.05, 3.63) is 83.2 Å². The van der Waals surface area contributed by atoms with Gasteiger partial charge in [-0.25, -0.2) is 9.48 Å². The molecule has 2 aliphatic heterocycles. The maximum atomic E-state index is 13.7. The third kappa shape index (κ3) is 7.39. The molecule has 2 saturated heterocycles. The zero-order chi connectivity index (χ0) is 31.8. The number of para-hydroxylation sites is 1. The summed E-state index contributed by atoms with van der Waals surface area (Å²) < 4.78 is 7.26. The molecule has 0 unspecified atom stereocenters. The number of carbonyl (C=O) groups excluding carboxylic acids is 3. The second kappa shape index (κ2) is 14.7. The Balaban J connectivity index is 1.11. The molecule has 3 amide bonds. The Morgan fingerprint density at radius 1 is 1.02 bits per heavy atom. The number of hydrogen-bond donors (Lipinski definition) is 2. The average Bonchev–Trinajstić information content (AvgIpc) is 3.34. The molecular weight excluding hydrogens is 568 g/mol. The molecular formula is C35H46N6O4. The highest BCUT2D eigenvalue weighted by atomic mass is 16.5. The fourth-order valence-corrected chi connectivity index (χ4v) is 6.58. The smallest absolute Gasteiger partial charge is 0.407 e. The number of aryl methyl sites for hydroxylation is 1. The second-order valence-electron chi connectivity index (χ2n) is 12.2. The van der Waals surface area contributed by atoms with Gasteiger partial charge in [-0.3, -0.25) is 14.5 Å². The number of ether oxygens (including phenoxy) is 1. The van der Waals surface area contributed by atoms with E-state index in [-0.39, 0.29) is 18.4 Å². The maximum Gasteiger partial charge on any atom is 0.407 e. The summed E-state index contributed by atoms with van der Waals surface area (Å²) >= 11 is 0. The number of aromatic nitrogens is 2. The first-order chi connectivity index (χ1) is 21.8. The van der Waals surface area contributed by atoms with Crippen LogP contribution in [0.25, 0.3) is 5.69 Å². The van der Waals surface area contributed by atoms with Crippen LogP contribution < -0.4 is 10.6 Å². The van der Waals surface area contributed by atoms with Gasteiger partial charge < -0.3 is 20.3 Å². The third-order valence-electron chi connectivity index (χ3n) is 9.16. The Kier molecular flexibility index (Phi) is 10.5. The van der Waals surface area contributed by atoms with Gasteiger partial charge in [-0.2, -0.15) is 5.10 Å². The molecule has 0 radical (unpaired) electrons. The first-order valence-corrected chi connectivity index (χ1v) is 16.2. The van der Waals surface area contributed by atoms with Crippen molar-refractivity contribution in [3.8, 4) is 5.69 Å². The SMILES string of the molecule is CCCN1C(=O)[C@H](CCCCNC(=O)OCc2ccccc2)NC(=O)C12CCN(Cc1c(C)nn(-c3ccccc3)c1C)CC2. The summed E-state index contributed by atoms with van der Waals surface area (Å²) in [6, 6.07) is 19.2. The highest BCUT2D eigenvalue weighted by Gasteiger charge is 2.53. The molecule has 10 nitrogen and oxygen atoms in total. The number of amides is 3. The van der Waals surface area contributed by atoms with E-state index in [1.807, 2.05) is 58.1 Å². The number of piperazine rings is 1. The zero-order valence-corrected chi connectivity index (χ0v) is 26.8. The topological polar surface area (TPSA) is 109 Å². The lowest BCUT2D eigenvalue weighted by atomic mass is 9.81. The molecule has 1 spiro atoms. The van der Waals surface area contributed by atoms with Crippen LogP contribution in [-0.2, 0) is 27.5 Å². The first-order valence-electron chi connectivity index (χ1n) is 16.2. The number of carbonyl (C=O) groups is 3. The average molecular weight is 615 g/mol. The largest absolute Gasteiger partial charge is 0.445 e. The third-order valence-corrected chi connectivity index (χ3v) is 9.16. The quantitative estimate of drug-likeness (QED) is 0.288. The molecule has 240 valence electrons. The molecule has 1 atom stereocenters. The minimum Gasteiger partial charge on any atom is -0.445 e. The fraction of sp³-hybridized carbons (Fsp3) is 0.486. The Morgan fingerprint density at radius 3 is 2.40 bits per heavy atom. The van der Waals surface area contributed by atoms with E-state index in [0.717, 1.165) is 48.7 Å². The molecule has 10 heteroatoms. The molecule has 45 heavy (non-hydrogen) atoms. The van der Waals surface area contributed by atoms with Crippen LogP contribution in [0.3, 0.4) is 0 Å². The van der Waals surface area contributed by atoms with E-state index in [1.165, 1.54) is 5.56 Å². The predicted octanol–water partition coefficient (Wildman–Crippen LogP) is 4.66. The summed E-state index contributed by atoms with van der Waals surface area (Å²) in [5.74, 6) is -0.0250. The molecule has 0 saturated carbocycles. The number of likely N-dealkylation sites (tertiary alicyclic amines) is 1. The molecule has 0 bridgehead atoms. The first kappa shape index (κ1) is 32.2. The number of rotatable bonds is 12. The van der Waals surface area contributed by atoms with Crippen LogP contribution in [0.2, 0.25) is 0 Å². The van der Waals surface area contributed by atoms with E-state index in [4.69, 9.17) is 9.84 Å². The van der Waals surface area contributed by atoms with Crippen LogP contribution in [0.1, 0.15) is 68.0 Å². The van der Waals surface area contributed by atoms with Crippen LogP contribution in [0.15, 0.2) is 60.7 Å². The summed E-state index contributed by atoms with van der Waals surface area (Å²) in [6.07, 6.45) is 3.48. The summed E-state index contributed by atoms with van der Waals surface area (Å²) in [5, 5.41) is 10.7. The number of nitrogens with one attached hydrogen (secondary N) is 2. The lowest BCUT2D eigenvalue weighted by Crippen LogP contribution is -2.72. The highest BCUT2D eigenvalue weighted by molar-refractivity contribution is 6.00. The minimum absolute atomic E-state index is 0.0101. The summed E-state index contributed by atoms with van der Waals surface area (Å²) in [4.78, 5) is 43.7. The molecule has 0 aliphatic carbocycles. The second-order valence-corrected chi connectivity index (χ2v) is 12.2. The molecule has 2 fully saturated rings. The van der Waals surface area contributed by atoms with E-state index in [2.05, 4.69) is 48.4 Å². The normalized spacial score (nSPS) is 18.2. The van der Waals surface area contributed by atoms with E-state index in [1.54, 1.807) is 0 Å². The van der Waals surface area contributed by atoms with Gasteiger partial charge in [0.2, 0.25) is 11.8 Å². The van der Waals surface area contributed by atoms with Crippen LogP contribution in [0.5, 0.6) is 0 Å². The number of unbranched alkanes of at least 4 members (excludes halogenated alkanes) is 1. The maximum absolute atomic E-state index is 13.7. The molecule has 2 aromatic carbocycles. The van der Waals surface area contributed by atoms with Crippen molar-refractivity contribution < 1.29 is 19.1 Å². The van der Waals surface area contributed by atoms with Gasteiger partial charge in [0.15, 0.2) is 0 Å². The molecule has 3 aromatic rings. The Bertz CT molecular complexity index is 1450. The van der Waals surface area contributed by atoms with Crippen LogP contribution >= 0.6 is 0 Å². The Hall–Kier alpha value is -4.18. The molecule has 3 heterocycles. The van der Waals surface area contributed by atoms with E-state index < -0.39 is 17.7 Å². The number of alkyl carbamates (subject to hydrolysis) is 1. The Labute approximate surface area is 266 Å². The van der Waals surface area contributed by atoms with Gasteiger partial charge in [-0.1, -0.05) is 55.5 Å². The van der Waals surface area contributed by atoms with Gasteiger partial charge in [0.05, 0.1) is 11.4 Å². The van der Waals surface area contributed by atoms with Gasteiger partial charge in [0.1, 0.15) is 18.2 Å². The van der Waals surface area contributed by atoms with Crippen LogP contribution in [0, 0.1) is 13.8 Å². The van der Waals surface area contributed by atoms with Crippen molar-refractivity contribution in [1.29, 1.82) is 0 Å². The molecule has 2 N–H and O–H groups in total. The predicted molar refractivity (Wildman–Crippen MR) is 173 cm³/mol. The van der Waals surface area contributed by atoms with Crippen molar-refractivity contribution in [2.45, 2.75) is 84.0 Å². The van der Waals surface area contributed by atoms with Crippen molar-refractivity contribution in [2.24, 2.45) is 0 Å². The lowest BCUT2D eigenvalue weighted by Gasteiger charge is -2.51. The van der Waals surface area contributed by atoms with Crippen molar-refractivity contribution in [3.63, 3.8) is 0 Å².